The molecule has 1 aliphatic carbocycles. The molecule has 0 aromatic heterocycles. The predicted octanol–water partition coefficient (Wildman–Crippen LogP) is 3.16. The van der Waals surface area contributed by atoms with Crippen molar-refractivity contribution in [2.24, 2.45) is 0 Å². The number of hydrogen-bond acceptors (Lipinski definition) is 1. The summed E-state index contributed by atoms with van der Waals surface area (Å²) in [4.78, 5) is 0. The molecule has 1 nitrogen and oxygen atoms in total. The summed E-state index contributed by atoms with van der Waals surface area (Å²) in [7, 11) is 0. The third kappa shape index (κ3) is 2.31. The maximum atomic E-state index is 12.2. The summed E-state index contributed by atoms with van der Waals surface area (Å²) in [6.45, 7) is 0. The zero-order valence-electron chi connectivity index (χ0n) is 7.96. The first kappa shape index (κ1) is 10.5. The second-order valence-electron chi connectivity index (χ2n) is 3.89. The SMILES string of the molecule is OC(c1ccc(C2CC2)cc1)C(F)(F)F. The molecule has 0 amide bonds. The Labute approximate surface area is 85.5 Å². The molecule has 1 atom stereocenters. The van der Waals surface area contributed by atoms with Crippen LogP contribution in [0.4, 0.5) is 13.2 Å². The summed E-state index contributed by atoms with van der Waals surface area (Å²) in [5.41, 5.74) is 0.972. The lowest BCUT2D eigenvalue weighted by atomic mass is 10.0. The van der Waals surface area contributed by atoms with Gasteiger partial charge in [0.1, 0.15) is 0 Å². The van der Waals surface area contributed by atoms with Gasteiger partial charge in [-0.1, -0.05) is 24.3 Å². The van der Waals surface area contributed by atoms with E-state index in [0.29, 0.717) is 5.92 Å². The fourth-order valence-electron chi connectivity index (χ4n) is 1.56. The summed E-state index contributed by atoms with van der Waals surface area (Å²) in [6, 6.07) is 6.04. The number of aliphatic hydroxyl groups is 1. The van der Waals surface area contributed by atoms with Gasteiger partial charge in [-0.3, -0.25) is 0 Å². The molecule has 0 saturated heterocycles. The average molecular weight is 216 g/mol. The van der Waals surface area contributed by atoms with E-state index in [1.54, 1.807) is 12.1 Å². The molecule has 15 heavy (non-hydrogen) atoms. The fourth-order valence-corrected chi connectivity index (χ4v) is 1.56. The van der Waals surface area contributed by atoms with Crippen LogP contribution in [0.25, 0.3) is 0 Å². The molecule has 1 N–H and O–H groups in total. The molecule has 1 saturated carbocycles. The van der Waals surface area contributed by atoms with Crippen molar-refractivity contribution in [3.05, 3.63) is 35.4 Å². The maximum Gasteiger partial charge on any atom is 0.418 e. The molecule has 2 rings (SSSR count). The molecule has 1 unspecified atom stereocenters. The molecule has 4 heteroatoms. The van der Waals surface area contributed by atoms with E-state index in [1.165, 1.54) is 12.1 Å². The van der Waals surface area contributed by atoms with Crippen molar-refractivity contribution in [3.8, 4) is 0 Å². The Balaban J connectivity index is 2.15. The van der Waals surface area contributed by atoms with Gasteiger partial charge in [0.15, 0.2) is 6.10 Å². The zero-order valence-corrected chi connectivity index (χ0v) is 7.96. The Morgan fingerprint density at radius 3 is 2.07 bits per heavy atom. The van der Waals surface area contributed by atoms with E-state index in [1.807, 2.05) is 0 Å². The van der Waals surface area contributed by atoms with Gasteiger partial charge in [0.2, 0.25) is 0 Å². The van der Waals surface area contributed by atoms with Crippen LogP contribution in [0.2, 0.25) is 0 Å². The molecular formula is C11H11F3O. The summed E-state index contributed by atoms with van der Waals surface area (Å²) < 4.78 is 36.5. The third-order valence-electron chi connectivity index (χ3n) is 2.61. The van der Waals surface area contributed by atoms with Crippen LogP contribution in [0.5, 0.6) is 0 Å². The van der Waals surface area contributed by atoms with E-state index in [4.69, 9.17) is 5.11 Å². The summed E-state index contributed by atoms with van der Waals surface area (Å²) in [5.74, 6) is 0.516. The van der Waals surface area contributed by atoms with Crippen molar-refractivity contribution >= 4 is 0 Å². The van der Waals surface area contributed by atoms with Gasteiger partial charge in [0, 0.05) is 0 Å². The van der Waals surface area contributed by atoms with Crippen LogP contribution in [0.3, 0.4) is 0 Å². The van der Waals surface area contributed by atoms with Crippen molar-refractivity contribution < 1.29 is 18.3 Å². The molecule has 82 valence electrons. The first-order valence-electron chi connectivity index (χ1n) is 4.83. The van der Waals surface area contributed by atoms with Gasteiger partial charge in [-0.25, -0.2) is 0 Å². The lowest BCUT2D eigenvalue weighted by molar-refractivity contribution is -0.206. The molecule has 1 aromatic carbocycles. The Morgan fingerprint density at radius 1 is 1.13 bits per heavy atom. The minimum Gasteiger partial charge on any atom is -0.379 e. The Morgan fingerprint density at radius 2 is 1.67 bits per heavy atom. The first-order valence-corrected chi connectivity index (χ1v) is 4.83. The largest absolute Gasteiger partial charge is 0.418 e. The molecule has 0 spiro atoms. The second kappa shape index (κ2) is 3.52. The number of alkyl halides is 3. The molecule has 0 radical (unpaired) electrons. The molecule has 1 aliphatic rings. The van der Waals surface area contributed by atoms with Crippen LogP contribution in [-0.4, -0.2) is 11.3 Å². The number of rotatable bonds is 2. The van der Waals surface area contributed by atoms with Crippen LogP contribution >= 0.6 is 0 Å². The minimum atomic E-state index is -4.58. The van der Waals surface area contributed by atoms with Crippen LogP contribution in [0.1, 0.15) is 36.0 Å². The Bertz CT molecular complexity index is 338. The highest BCUT2D eigenvalue weighted by atomic mass is 19.4. The van der Waals surface area contributed by atoms with E-state index >= 15 is 0 Å². The molecule has 0 bridgehead atoms. The fraction of sp³-hybridized carbons (Fsp3) is 0.455. The number of benzene rings is 1. The number of halogens is 3. The molecule has 1 aromatic rings. The number of aliphatic hydroxyl groups excluding tert-OH is 1. The van der Waals surface area contributed by atoms with Crippen LogP contribution in [0, 0.1) is 0 Å². The summed E-state index contributed by atoms with van der Waals surface area (Å²) in [6.07, 6.45) is -4.73. The van der Waals surface area contributed by atoms with Gasteiger partial charge in [-0.05, 0) is 29.9 Å². The standard InChI is InChI=1S/C11H11F3O/c12-11(13,14)10(15)9-5-3-8(4-6-9)7-1-2-7/h3-7,10,15H,1-2H2. The third-order valence-corrected chi connectivity index (χ3v) is 2.61. The Kier molecular flexibility index (Phi) is 2.46. The maximum absolute atomic E-state index is 12.2. The lowest BCUT2D eigenvalue weighted by Crippen LogP contribution is -2.20. The number of hydrogen-bond donors (Lipinski definition) is 1. The van der Waals surface area contributed by atoms with E-state index in [9.17, 15) is 13.2 Å². The van der Waals surface area contributed by atoms with Crippen molar-refractivity contribution in [1.29, 1.82) is 0 Å². The molecule has 0 heterocycles. The van der Waals surface area contributed by atoms with E-state index in [-0.39, 0.29) is 5.56 Å². The smallest absolute Gasteiger partial charge is 0.379 e. The van der Waals surface area contributed by atoms with Crippen LogP contribution in [-0.2, 0) is 0 Å². The second-order valence-corrected chi connectivity index (χ2v) is 3.89. The van der Waals surface area contributed by atoms with Gasteiger partial charge in [-0.2, -0.15) is 13.2 Å². The van der Waals surface area contributed by atoms with E-state index in [2.05, 4.69) is 0 Å². The minimum absolute atomic E-state index is 0.0908. The van der Waals surface area contributed by atoms with Crippen LogP contribution in [0.15, 0.2) is 24.3 Å². The van der Waals surface area contributed by atoms with Gasteiger partial charge in [0.25, 0.3) is 0 Å². The highest BCUT2D eigenvalue weighted by molar-refractivity contribution is 5.29. The van der Waals surface area contributed by atoms with Gasteiger partial charge in [-0.15, -0.1) is 0 Å². The van der Waals surface area contributed by atoms with E-state index < -0.39 is 12.3 Å². The monoisotopic (exact) mass is 216 g/mol. The van der Waals surface area contributed by atoms with E-state index in [0.717, 1.165) is 18.4 Å². The average Bonchev–Trinajstić information content (AvgIpc) is 2.99. The van der Waals surface area contributed by atoms with Crippen molar-refractivity contribution in [3.63, 3.8) is 0 Å². The van der Waals surface area contributed by atoms with Crippen molar-refractivity contribution in [2.45, 2.75) is 31.0 Å². The van der Waals surface area contributed by atoms with Gasteiger partial charge >= 0.3 is 6.18 Å². The quantitative estimate of drug-likeness (QED) is 0.805. The zero-order chi connectivity index (χ0) is 11.1. The lowest BCUT2D eigenvalue weighted by Gasteiger charge is -2.14. The topological polar surface area (TPSA) is 20.2 Å². The summed E-state index contributed by atoms with van der Waals surface area (Å²) >= 11 is 0. The van der Waals surface area contributed by atoms with Crippen LogP contribution < -0.4 is 0 Å². The predicted molar refractivity (Wildman–Crippen MR) is 49.4 cm³/mol. The van der Waals surface area contributed by atoms with Crippen molar-refractivity contribution in [2.75, 3.05) is 0 Å². The summed E-state index contributed by atoms with van der Waals surface area (Å²) in [5, 5.41) is 8.98. The normalized spacial score (nSPS) is 18.9. The Hall–Kier alpha value is -1.03. The van der Waals surface area contributed by atoms with Crippen molar-refractivity contribution in [1.82, 2.24) is 0 Å². The van der Waals surface area contributed by atoms with Gasteiger partial charge < -0.3 is 5.11 Å². The van der Waals surface area contributed by atoms with Gasteiger partial charge in [0.05, 0.1) is 0 Å². The molecular weight excluding hydrogens is 205 g/mol. The first-order chi connectivity index (χ1) is 6.98. The molecule has 0 aliphatic heterocycles. The highest BCUT2D eigenvalue weighted by Gasteiger charge is 2.39. The molecule has 1 fully saturated rings. The highest BCUT2D eigenvalue weighted by Crippen LogP contribution is 2.40.